The number of fused-ring (bicyclic) bond motifs is 1. The lowest BCUT2D eigenvalue weighted by Gasteiger charge is -2.04. The van der Waals surface area contributed by atoms with E-state index in [1.165, 1.54) is 17.4 Å². The second kappa shape index (κ2) is 6.78. The molecule has 3 heteroatoms. The summed E-state index contributed by atoms with van der Waals surface area (Å²) in [6.07, 6.45) is 3.31. The Balaban J connectivity index is 2.23. The SMILES string of the molecule is C=C(Cl)CNCc1c(CCCC)oc2ccccc12. The number of aryl methyl sites for hydroxylation is 1. The first-order valence-electron chi connectivity index (χ1n) is 6.75. The summed E-state index contributed by atoms with van der Waals surface area (Å²) in [5, 5.41) is 5.13. The molecule has 0 saturated carbocycles. The largest absolute Gasteiger partial charge is 0.461 e. The average Bonchev–Trinajstić information content (AvgIpc) is 2.74. The van der Waals surface area contributed by atoms with Crippen LogP contribution < -0.4 is 5.32 Å². The highest BCUT2D eigenvalue weighted by atomic mass is 35.5. The number of nitrogens with one attached hydrogen (secondary N) is 1. The number of benzene rings is 1. The highest BCUT2D eigenvalue weighted by molar-refractivity contribution is 6.29. The predicted octanol–water partition coefficient (Wildman–Crippen LogP) is 4.62. The van der Waals surface area contributed by atoms with Crippen molar-refractivity contribution in [1.82, 2.24) is 5.32 Å². The van der Waals surface area contributed by atoms with Gasteiger partial charge >= 0.3 is 0 Å². The molecule has 0 atom stereocenters. The van der Waals surface area contributed by atoms with Crippen LogP contribution in [0.2, 0.25) is 0 Å². The molecule has 1 N–H and O–H groups in total. The quantitative estimate of drug-likeness (QED) is 0.799. The van der Waals surface area contributed by atoms with Gasteiger partial charge in [0.15, 0.2) is 0 Å². The Bertz CT molecular complexity index is 559. The molecule has 0 aliphatic rings. The van der Waals surface area contributed by atoms with Crippen molar-refractivity contribution in [2.75, 3.05) is 6.54 Å². The maximum absolute atomic E-state index is 5.96. The van der Waals surface area contributed by atoms with Gasteiger partial charge in [-0.25, -0.2) is 0 Å². The molecule has 0 aliphatic carbocycles. The third-order valence-corrected chi connectivity index (χ3v) is 3.29. The number of hydrogen-bond donors (Lipinski definition) is 1. The Labute approximate surface area is 119 Å². The van der Waals surface area contributed by atoms with Crippen LogP contribution in [0.15, 0.2) is 40.3 Å². The van der Waals surface area contributed by atoms with Crippen LogP contribution in [0.1, 0.15) is 31.1 Å². The third-order valence-electron chi connectivity index (χ3n) is 3.16. The minimum absolute atomic E-state index is 0.619. The summed E-state index contributed by atoms with van der Waals surface area (Å²) >= 11 is 5.78. The minimum atomic E-state index is 0.619. The maximum atomic E-state index is 5.96. The molecule has 0 fully saturated rings. The molecule has 0 radical (unpaired) electrons. The van der Waals surface area contributed by atoms with E-state index in [-0.39, 0.29) is 0 Å². The summed E-state index contributed by atoms with van der Waals surface area (Å²) in [5.41, 5.74) is 2.22. The Morgan fingerprint density at radius 3 is 2.89 bits per heavy atom. The second-order valence-corrected chi connectivity index (χ2v) is 5.26. The van der Waals surface area contributed by atoms with Crippen LogP contribution in [0, 0.1) is 0 Å². The molecule has 0 bridgehead atoms. The Morgan fingerprint density at radius 1 is 1.37 bits per heavy atom. The van der Waals surface area contributed by atoms with Crippen LogP contribution >= 0.6 is 11.6 Å². The Morgan fingerprint density at radius 2 is 2.16 bits per heavy atom. The summed E-state index contributed by atoms with van der Waals surface area (Å²) in [4.78, 5) is 0. The summed E-state index contributed by atoms with van der Waals surface area (Å²) in [6, 6.07) is 8.19. The highest BCUT2D eigenvalue weighted by Crippen LogP contribution is 2.27. The maximum Gasteiger partial charge on any atom is 0.134 e. The van der Waals surface area contributed by atoms with Gasteiger partial charge in [-0.3, -0.25) is 0 Å². The molecule has 0 aliphatic heterocycles. The molecule has 2 aromatic rings. The van der Waals surface area contributed by atoms with Crippen molar-refractivity contribution in [2.24, 2.45) is 0 Å². The van der Waals surface area contributed by atoms with E-state index in [1.54, 1.807) is 0 Å². The third kappa shape index (κ3) is 3.62. The average molecular weight is 278 g/mol. The number of unbranched alkanes of at least 4 members (excludes halogenated alkanes) is 1. The van der Waals surface area contributed by atoms with Crippen molar-refractivity contribution in [3.8, 4) is 0 Å². The van der Waals surface area contributed by atoms with Crippen LogP contribution in [0.5, 0.6) is 0 Å². The van der Waals surface area contributed by atoms with Crippen LogP contribution in [0.4, 0.5) is 0 Å². The van der Waals surface area contributed by atoms with Gasteiger partial charge in [-0.1, -0.05) is 49.7 Å². The second-order valence-electron chi connectivity index (χ2n) is 4.72. The van der Waals surface area contributed by atoms with E-state index < -0.39 is 0 Å². The molecule has 2 rings (SSSR count). The van der Waals surface area contributed by atoms with Crippen molar-refractivity contribution < 1.29 is 4.42 Å². The van der Waals surface area contributed by atoms with Gasteiger partial charge in [-0.05, 0) is 12.5 Å². The summed E-state index contributed by atoms with van der Waals surface area (Å²) in [6.45, 7) is 7.27. The van der Waals surface area contributed by atoms with Crippen LogP contribution in [0.3, 0.4) is 0 Å². The molecule has 2 nitrogen and oxygen atoms in total. The van der Waals surface area contributed by atoms with E-state index >= 15 is 0 Å². The zero-order valence-corrected chi connectivity index (χ0v) is 12.1. The summed E-state index contributed by atoms with van der Waals surface area (Å²) < 4.78 is 5.96. The molecule has 1 heterocycles. The highest BCUT2D eigenvalue weighted by Gasteiger charge is 2.12. The van der Waals surface area contributed by atoms with E-state index in [4.69, 9.17) is 16.0 Å². The standard InChI is InChI=1S/C16H20ClNO/c1-3-4-8-16-14(11-18-10-12(2)17)13-7-5-6-9-15(13)19-16/h5-7,9,18H,2-4,8,10-11H2,1H3. The van der Waals surface area contributed by atoms with E-state index in [0.717, 1.165) is 30.7 Å². The summed E-state index contributed by atoms with van der Waals surface area (Å²) in [7, 11) is 0. The van der Waals surface area contributed by atoms with E-state index in [9.17, 15) is 0 Å². The molecule has 0 spiro atoms. The molecule has 0 amide bonds. The summed E-state index contributed by atoms with van der Waals surface area (Å²) in [5.74, 6) is 1.09. The molecular formula is C16H20ClNO. The first kappa shape index (κ1) is 14.2. The smallest absolute Gasteiger partial charge is 0.134 e. The van der Waals surface area contributed by atoms with Crippen molar-refractivity contribution in [3.05, 3.63) is 47.2 Å². The van der Waals surface area contributed by atoms with Gasteiger partial charge in [0, 0.05) is 35.5 Å². The zero-order chi connectivity index (χ0) is 13.7. The van der Waals surface area contributed by atoms with Gasteiger partial charge in [0.25, 0.3) is 0 Å². The molecular weight excluding hydrogens is 258 g/mol. The fraction of sp³-hybridized carbons (Fsp3) is 0.375. The van der Waals surface area contributed by atoms with Crippen molar-refractivity contribution in [2.45, 2.75) is 32.7 Å². The van der Waals surface area contributed by atoms with Crippen LogP contribution in [-0.2, 0) is 13.0 Å². The van der Waals surface area contributed by atoms with Crippen LogP contribution in [0.25, 0.3) is 11.0 Å². The number of para-hydroxylation sites is 1. The topological polar surface area (TPSA) is 25.2 Å². The van der Waals surface area contributed by atoms with Gasteiger partial charge in [-0.15, -0.1) is 0 Å². The first-order valence-corrected chi connectivity index (χ1v) is 7.13. The Hall–Kier alpha value is -1.25. The molecule has 1 aromatic heterocycles. The first-order chi connectivity index (χ1) is 9.22. The van der Waals surface area contributed by atoms with Gasteiger partial charge < -0.3 is 9.73 Å². The van der Waals surface area contributed by atoms with Crippen LogP contribution in [-0.4, -0.2) is 6.54 Å². The lowest BCUT2D eigenvalue weighted by Crippen LogP contribution is -2.15. The van der Waals surface area contributed by atoms with Gasteiger partial charge in [0.05, 0.1) is 0 Å². The normalized spacial score (nSPS) is 11.1. The molecule has 0 saturated heterocycles. The number of halogens is 1. The monoisotopic (exact) mass is 277 g/mol. The predicted molar refractivity (Wildman–Crippen MR) is 81.5 cm³/mol. The van der Waals surface area contributed by atoms with E-state index in [2.05, 4.69) is 24.9 Å². The Kier molecular flexibility index (Phi) is 5.06. The van der Waals surface area contributed by atoms with Crippen molar-refractivity contribution in [1.29, 1.82) is 0 Å². The van der Waals surface area contributed by atoms with Gasteiger partial charge in [-0.2, -0.15) is 0 Å². The zero-order valence-electron chi connectivity index (χ0n) is 11.3. The molecule has 19 heavy (non-hydrogen) atoms. The fourth-order valence-electron chi connectivity index (χ4n) is 2.21. The van der Waals surface area contributed by atoms with Crippen molar-refractivity contribution >= 4 is 22.6 Å². The number of furan rings is 1. The molecule has 1 aromatic carbocycles. The minimum Gasteiger partial charge on any atom is -0.461 e. The van der Waals surface area contributed by atoms with Gasteiger partial charge in [0.2, 0.25) is 0 Å². The molecule has 102 valence electrons. The number of hydrogen-bond acceptors (Lipinski definition) is 2. The lowest BCUT2D eigenvalue weighted by atomic mass is 10.1. The number of rotatable bonds is 7. The fourth-order valence-corrected chi connectivity index (χ4v) is 2.30. The van der Waals surface area contributed by atoms with Crippen molar-refractivity contribution in [3.63, 3.8) is 0 Å². The molecule has 0 unspecified atom stereocenters. The van der Waals surface area contributed by atoms with Gasteiger partial charge in [0.1, 0.15) is 11.3 Å². The van der Waals surface area contributed by atoms with E-state index in [0.29, 0.717) is 11.6 Å². The lowest BCUT2D eigenvalue weighted by molar-refractivity contribution is 0.526. The van der Waals surface area contributed by atoms with E-state index in [1.807, 2.05) is 18.2 Å².